The molecular weight excluding hydrogens is 228 g/mol. The summed E-state index contributed by atoms with van der Waals surface area (Å²) in [5.41, 5.74) is 7.56. The molecule has 1 heterocycles. The van der Waals surface area contributed by atoms with Crippen LogP contribution >= 0.6 is 0 Å². The van der Waals surface area contributed by atoms with Crippen molar-refractivity contribution < 1.29 is 9.47 Å². The molecular formula is C14H16N2O2. The smallest absolute Gasteiger partial charge is 0.222 e. The van der Waals surface area contributed by atoms with Gasteiger partial charge in [-0.3, -0.25) is 0 Å². The molecule has 0 aliphatic carbocycles. The van der Waals surface area contributed by atoms with Crippen LogP contribution in [0.25, 0.3) is 0 Å². The zero-order valence-electron chi connectivity index (χ0n) is 10.5. The summed E-state index contributed by atoms with van der Waals surface area (Å²) in [6.07, 6.45) is 1.70. The average Bonchev–Trinajstić information content (AvgIpc) is 2.41. The number of hydrogen-bond donors (Lipinski definition) is 1. The largest absolute Gasteiger partial charge is 0.493 e. The minimum absolute atomic E-state index is 0.471. The summed E-state index contributed by atoms with van der Waals surface area (Å²) in [6.45, 7) is 2.42. The predicted molar refractivity (Wildman–Crippen MR) is 69.9 cm³/mol. The number of benzene rings is 1. The van der Waals surface area contributed by atoms with Crippen molar-refractivity contribution in [2.24, 2.45) is 5.73 Å². The first-order valence-corrected chi connectivity index (χ1v) is 5.71. The Kier molecular flexibility index (Phi) is 3.79. The van der Waals surface area contributed by atoms with Gasteiger partial charge in [0.25, 0.3) is 0 Å². The quantitative estimate of drug-likeness (QED) is 0.898. The van der Waals surface area contributed by atoms with Crippen LogP contribution in [0.5, 0.6) is 17.4 Å². The van der Waals surface area contributed by atoms with Crippen LogP contribution in [-0.2, 0) is 6.54 Å². The van der Waals surface area contributed by atoms with E-state index in [4.69, 9.17) is 15.2 Å². The average molecular weight is 244 g/mol. The van der Waals surface area contributed by atoms with Crippen LogP contribution in [0.4, 0.5) is 0 Å². The summed E-state index contributed by atoms with van der Waals surface area (Å²) in [5, 5.41) is 0. The van der Waals surface area contributed by atoms with Gasteiger partial charge in [0.05, 0.1) is 7.11 Å². The van der Waals surface area contributed by atoms with E-state index in [1.165, 1.54) is 0 Å². The Labute approximate surface area is 106 Å². The molecule has 0 spiro atoms. The van der Waals surface area contributed by atoms with E-state index < -0.39 is 0 Å². The summed E-state index contributed by atoms with van der Waals surface area (Å²) in [7, 11) is 1.60. The fourth-order valence-electron chi connectivity index (χ4n) is 1.61. The SMILES string of the molecule is COc1cc(CN)ccc1Oc1ncccc1C. The van der Waals surface area contributed by atoms with E-state index in [0.29, 0.717) is 23.9 Å². The molecule has 0 amide bonds. The molecule has 1 aromatic carbocycles. The van der Waals surface area contributed by atoms with Crippen LogP contribution in [0.3, 0.4) is 0 Å². The third kappa shape index (κ3) is 2.60. The molecule has 0 saturated carbocycles. The van der Waals surface area contributed by atoms with E-state index >= 15 is 0 Å². The first-order valence-electron chi connectivity index (χ1n) is 5.71. The fourth-order valence-corrected chi connectivity index (χ4v) is 1.61. The van der Waals surface area contributed by atoms with Crippen molar-refractivity contribution in [3.8, 4) is 17.4 Å². The molecule has 0 aliphatic rings. The molecule has 0 atom stereocenters. The summed E-state index contributed by atoms with van der Waals surface area (Å²) >= 11 is 0. The number of hydrogen-bond acceptors (Lipinski definition) is 4. The van der Waals surface area contributed by atoms with Crippen molar-refractivity contribution >= 4 is 0 Å². The molecule has 1 aromatic heterocycles. The Bertz CT molecular complexity index is 541. The molecule has 0 radical (unpaired) electrons. The minimum atomic E-state index is 0.471. The zero-order chi connectivity index (χ0) is 13.0. The second kappa shape index (κ2) is 5.51. The first kappa shape index (κ1) is 12.4. The Morgan fingerprint density at radius 3 is 2.72 bits per heavy atom. The molecule has 2 N–H and O–H groups in total. The van der Waals surface area contributed by atoms with Gasteiger partial charge in [-0.25, -0.2) is 4.98 Å². The van der Waals surface area contributed by atoms with Crippen molar-refractivity contribution in [3.05, 3.63) is 47.7 Å². The Hall–Kier alpha value is -2.07. The van der Waals surface area contributed by atoms with Crippen LogP contribution in [0.2, 0.25) is 0 Å². The number of ether oxygens (including phenoxy) is 2. The first-order chi connectivity index (χ1) is 8.74. The van der Waals surface area contributed by atoms with Gasteiger partial charge in [-0.1, -0.05) is 12.1 Å². The van der Waals surface area contributed by atoms with Crippen LogP contribution in [-0.4, -0.2) is 12.1 Å². The normalized spacial score (nSPS) is 10.2. The molecule has 0 aliphatic heterocycles. The third-order valence-electron chi connectivity index (χ3n) is 2.63. The second-order valence-corrected chi connectivity index (χ2v) is 3.92. The highest BCUT2D eigenvalue weighted by molar-refractivity contribution is 5.45. The van der Waals surface area contributed by atoms with Crippen molar-refractivity contribution in [3.63, 3.8) is 0 Å². The third-order valence-corrected chi connectivity index (χ3v) is 2.63. The van der Waals surface area contributed by atoms with E-state index in [1.807, 2.05) is 37.3 Å². The van der Waals surface area contributed by atoms with Crippen molar-refractivity contribution in [1.29, 1.82) is 0 Å². The molecule has 2 aromatic rings. The van der Waals surface area contributed by atoms with E-state index in [0.717, 1.165) is 11.1 Å². The van der Waals surface area contributed by atoms with Crippen LogP contribution in [0.15, 0.2) is 36.5 Å². The molecule has 0 fully saturated rings. The number of aryl methyl sites for hydroxylation is 1. The van der Waals surface area contributed by atoms with Crippen LogP contribution in [0, 0.1) is 6.92 Å². The standard InChI is InChI=1S/C14H16N2O2/c1-10-4-3-7-16-14(10)18-12-6-5-11(9-15)8-13(12)17-2/h3-8H,9,15H2,1-2H3. The lowest BCUT2D eigenvalue weighted by atomic mass is 10.2. The van der Waals surface area contributed by atoms with Crippen LogP contribution in [0.1, 0.15) is 11.1 Å². The topological polar surface area (TPSA) is 57.4 Å². The Morgan fingerprint density at radius 2 is 2.06 bits per heavy atom. The van der Waals surface area contributed by atoms with E-state index in [2.05, 4.69) is 4.98 Å². The van der Waals surface area contributed by atoms with Gasteiger partial charge < -0.3 is 15.2 Å². The summed E-state index contributed by atoms with van der Waals surface area (Å²) in [5.74, 6) is 1.87. The number of aromatic nitrogens is 1. The van der Waals surface area contributed by atoms with Gasteiger partial charge in [-0.2, -0.15) is 0 Å². The Morgan fingerprint density at radius 1 is 1.22 bits per heavy atom. The molecule has 0 bridgehead atoms. The molecule has 0 unspecified atom stereocenters. The maximum Gasteiger partial charge on any atom is 0.222 e. The molecule has 2 rings (SSSR count). The van der Waals surface area contributed by atoms with E-state index in [1.54, 1.807) is 13.3 Å². The minimum Gasteiger partial charge on any atom is -0.493 e. The number of nitrogens with two attached hydrogens (primary N) is 1. The van der Waals surface area contributed by atoms with Gasteiger partial charge >= 0.3 is 0 Å². The number of pyridine rings is 1. The molecule has 0 saturated heterocycles. The number of rotatable bonds is 4. The van der Waals surface area contributed by atoms with Gasteiger partial charge in [-0.05, 0) is 30.7 Å². The summed E-state index contributed by atoms with van der Waals surface area (Å²) < 4.78 is 11.0. The summed E-state index contributed by atoms with van der Waals surface area (Å²) in [4.78, 5) is 4.19. The number of nitrogens with zero attached hydrogens (tertiary/aromatic N) is 1. The highest BCUT2D eigenvalue weighted by atomic mass is 16.5. The molecule has 4 nitrogen and oxygen atoms in total. The Balaban J connectivity index is 2.32. The monoisotopic (exact) mass is 244 g/mol. The lowest BCUT2D eigenvalue weighted by molar-refractivity contribution is 0.372. The molecule has 18 heavy (non-hydrogen) atoms. The lowest BCUT2D eigenvalue weighted by Crippen LogP contribution is -1.98. The predicted octanol–water partition coefficient (Wildman–Crippen LogP) is 2.65. The van der Waals surface area contributed by atoms with Gasteiger partial charge in [0.2, 0.25) is 5.88 Å². The van der Waals surface area contributed by atoms with E-state index in [-0.39, 0.29) is 0 Å². The van der Waals surface area contributed by atoms with Crippen molar-refractivity contribution in [2.75, 3.05) is 7.11 Å². The van der Waals surface area contributed by atoms with Gasteiger partial charge in [0.1, 0.15) is 0 Å². The maximum atomic E-state index is 5.75. The maximum absolute atomic E-state index is 5.75. The number of methoxy groups -OCH3 is 1. The fraction of sp³-hybridized carbons (Fsp3) is 0.214. The van der Waals surface area contributed by atoms with Gasteiger partial charge in [0, 0.05) is 18.3 Å². The van der Waals surface area contributed by atoms with Crippen LogP contribution < -0.4 is 15.2 Å². The van der Waals surface area contributed by atoms with Gasteiger partial charge in [0.15, 0.2) is 11.5 Å². The van der Waals surface area contributed by atoms with Gasteiger partial charge in [-0.15, -0.1) is 0 Å². The summed E-state index contributed by atoms with van der Waals surface area (Å²) in [6, 6.07) is 9.44. The lowest BCUT2D eigenvalue weighted by Gasteiger charge is -2.11. The molecule has 94 valence electrons. The highest BCUT2D eigenvalue weighted by Crippen LogP contribution is 2.32. The molecule has 4 heteroatoms. The van der Waals surface area contributed by atoms with E-state index in [9.17, 15) is 0 Å². The highest BCUT2D eigenvalue weighted by Gasteiger charge is 2.08. The van der Waals surface area contributed by atoms with Crippen molar-refractivity contribution in [2.45, 2.75) is 13.5 Å². The van der Waals surface area contributed by atoms with Crippen molar-refractivity contribution in [1.82, 2.24) is 4.98 Å². The zero-order valence-corrected chi connectivity index (χ0v) is 10.5. The second-order valence-electron chi connectivity index (χ2n) is 3.92.